The normalized spacial score (nSPS) is 10.5. The minimum absolute atomic E-state index is 0.00235. The second-order valence-electron chi connectivity index (χ2n) is 3.90. The molecule has 0 N–H and O–H groups in total. The molecule has 0 heterocycles. The maximum absolute atomic E-state index is 13.6. The largest absolute Gasteiger partial charge is 0.294 e. The molecule has 98 valence electrons. The second-order valence-corrected chi connectivity index (χ2v) is 4.71. The van der Waals surface area contributed by atoms with E-state index in [2.05, 4.69) is 0 Å². The topological polar surface area (TPSA) is 17.1 Å². The van der Waals surface area contributed by atoms with E-state index in [1.54, 1.807) is 0 Å². The molecule has 0 aliphatic heterocycles. The molecule has 1 nitrogen and oxygen atoms in total. The lowest BCUT2D eigenvalue weighted by molar-refractivity contribution is 0.0988. The van der Waals surface area contributed by atoms with Gasteiger partial charge < -0.3 is 0 Å². The van der Waals surface area contributed by atoms with Crippen molar-refractivity contribution in [3.05, 3.63) is 69.2 Å². The molecule has 0 unspecified atom stereocenters. The Bertz CT molecular complexity index is 601. The zero-order valence-corrected chi connectivity index (χ0v) is 11.1. The van der Waals surface area contributed by atoms with Gasteiger partial charge in [-0.05, 0) is 24.3 Å². The SMILES string of the molecule is O=C(Cc1c(F)cccc1Cl)c1c(F)cccc1Cl. The minimum atomic E-state index is -0.732. The van der Waals surface area contributed by atoms with Crippen LogP contribution in [0.1, 0.15) is 15.9 Å². The Labute approximate surface area is 118 Å². The van der Waals surface area contributed by atoms with Crippen LogP contribution in [0.5, 0.6) is 0 Å². The van der Waals surface area contributed by atoms with Crippen LogP contribution in [0.25, 0.3) is 0 Å². The van der Waals surface area contributed by atoms with Crippen molar-refractivity contribution in [1.82, 2.24) is 0 Å². The Kier molecular flexibility index (Phi) is 4.17. The van der Waals surface area contributed by atoms with E-state index >= 15 is 0 Å². The fourth-order valence-corrected chi connectivity index (χ4v) is 2.21. The van der Waals surface area contributed by atoms with E-state index < -0.39 is 17.4 Å². The minimum Gasteiger partial charge on any atom is -0.294 e. The summed E-state index contributed by atoms with van der Waals surface area (Å²) in [4.78, 5) is 12.0. The summed E-state index contributed by atoms with van der Waals surface area (Å²) in [6.07, 6.45) is -0.341. The van der Waals surface area contributed by atoms with Crippen molar-refractivity contribution in [3.8, 4) is 0 Å². The lowest BCUT2D eigenvalue weighted by Crippen LogP contribution is -2.09. The number of benzene rings is 2. The van der Waals surface area contributed by atoms with Crippen molar-refractivity contribution < 1.29 is 13.6 Å². The van der Waals surface area contributed by atoms with E-state index in [0.29, 0.717) is 0 Å². The second kappa shape index (κ2) is 5.68. The van der Waals surface area contributed by atoms with E-state index in [-0.39, 0.29) is 27.6 Å². The number of carbonyl (C=O) groups excluding carboxylic acids is 1. The molecule has 5 heteroatoms. The van der Waals surface area contributed by atoms with Gasteiger partial charge in [-0.1, -0.05) is 35.3 Å². The summed E-state index contributed by atoms with van der Waals surface area (Å²) in [5.74, 6) is -1.95. The number of ketones is 1. The zero-order valence-electron chi connectivity index (χ0n) is 9.59. The van der Waals surface area contributed by atoms with Crippen molar-refractivity contribution >= 4 is 29.0 Å². The standard InChI is InChI=1S/C14H8Cl2F2O/c15-9-3-1-5-11(17)8(9)7-13(19)14-10(16)4-2-6-12(14)18/h1-6H,7H2. The number of carbonyl (C=O) groups is 1. The monoisotopic (exact) mass is 300 g/mol. The van der Waals surface area contributed by atoms with Crippen LogP contribution in [-0.4, -0.2) is 5.78 Å². The predicted octanol–water partition coefficient (Wildman–Crippen LogP) is 4.70. The molecule has 0 radical (unpaired) electrons. The van der Waals surface area contributed by atoms with Gasteiger partial charge in [0.05, 0.1) is 10.6 Å². The molecule has 0 spiro atoms. The molecule has 2 aromatic carbocycles. The molecular formula is C14H8Cl2F2O. The van der Waals surface area contributed by atoms with Gasteiger partial charge in [0.15, 0.2) is 5.78 Å². The molecular weight excluding hydrogens is 293 g/mol. The molecule has 0 amide bonds. The Morgan fingerprint density at radius 1 is 0.947 bits per heavy atom. The van der Waals surface area contributed by atoms with Gasteiger partial charge in [0.25, 0.3) is 0 Å². The Morgan fingerprint density at radius 3 is 2.11 bits per heavy atom. The lowest BCUT2D eigenvalue weighted by atomic mass is 10.0. The quantitative estimate of drug-likeness (QED) is 0.751. The van der Waals surface area contributed by atoms with Crippen LogP contribution in [-0.2, 0) is 6.42 Å². The summed E-state index contributed by atoms with van der Waals surface area (Å²) in [6, 6.07) is 8.02. The molecule has 0 atom stereocenters. The average molecular weight is 301 g/mol. The zero-order chi connectivity index (χ0) is 14.0. The van der Waals surface area contributed by atoms with Crippen molar-refractivity contribution in [2.75, 3.05) is 0 Å². The number of Topliss-reactive ketones (excluding diaryl/α,β-unsaturated/α-hetero) is 1. The highest BCUT2D eigenvalue weighted by Crippen LogP contribution is 2.24. The molecule has 0 saturated heterocycles. The molecule has 0 saturated carbocycles. The van der Waals surface area contributed by atoms with Crippen LogP contribution in [0.2, 0.25) is 10.0 Å². The highest BCUT2D eigenvalue weighted by Gasteiger charge is 2.19. The van der Waals surface area contributed by atoms with Gasteiger partial charge in [0, 0.05) is 17.0 Å². The highest BCUT2D eigenvalue weighted by atomic mass is 35.5. The van der Waals surface area contributed by atoms with Crippen molar-refractivity contribution in [1.29, 1.82) is 0 Å². The first-order valence-corrected chi connectivity index (χ1v) is 6.16. The van der Waals surface area contributed by atoms with E-state index in [1.807, 2.05) is 0 Å². The van der Waals surface area contributed by atoms with Gasteiger partial charge in [0.1, 0.15) is 11.6 Å². The summed E-state index contributed by atoms with van der Waals surface area (Å²) in [7, 11) is 0. The van der Waals surface area contributed by atoms with Crippen LogP contribution in [0.15, 0.2) is 36.4 Å². The molecule has 0 aromatic heterocycles. The summed E-state index contributed by atoms with van der Waals surface area (Å²) in [6.45, 7) is 0. The van der Waals surface area contributed by atoms with Gasteiger partial charge in [0.2, 0.25) is 0 Å². The van der Waals surface area contributed by atoms with E-state index in [4.69, 9.17) is 23.2 Å². The average Bonchev–Trinajstić information content (AvgIpc) is 2.34. The number of rotatable bonds is 3. The van der Waals surface area contributed by atoms with E-state index in [1.165, 1.54) is 30.3 Å². The van der Waals surface area contributed by atoms with Crippen molar-refractivity contribution in [3.63, 3.8) is 0 Å². The number of halogens is 4. The van der Waals surface area contributed by atoms with Crippen LogP contribution >= 0.6 is 23.2 Å². The molecule has 0 bridgehead atoms. The first-order valence-electron chi connectivity index (χ1n) is 5.41. The Morgan fingerprint density at radius 2 is 1.53 bits per heavy atom. The summed E-state index contributed by atoms with van der Waals surface area (Å²) >= 11 is 11.6. The smallest absolute Gasteiger partial charge is 0.171 e. The van der Waals surface area contributed by atoms with Crippen LogP contribution in [0.3, 0.4) is 0 Å². The third kappa shape index (κ3) is 2.94. The third-order valence-electron chi connectivity index (χ3n) is 2.64. The molecule has 2 aromatic rings. The fraction of sp³-hybridized carbons (Fsp3) is 0.0714. The van der Waals surface area contributed by atoms with Crippen molar-refractivity contribution in [2.24, 2.45) is 0 Å². The summed E-state index contributed by atoms with van der Waals surface area (Å²) in [5.41, 5.74) is -0.211. The molecule has 0 aliphatic carbocycles. The summed E-state index contributed by atoms with van der Waals surface area (Å²) in [5, 5.41) is 0.123. The summed E-state index contributed by atoms with van der Waals surface area (Å²) < 4.78 is 27.1. The first kappa shape index (κ1) is 14.0. The fourth-order valence-electron chi connectivity index (χ4n) is 1.71. The predicted molar refractivity (Wildman–Crippen MR) is 70.9 cm³/mol. The van der Waals surface area contributed by atoms with Gasteiger partial charge in [-0.2, -0.15) is 0 Å². The maximum atomic E-state index is 13.6. The van der Waals surface area contributed by atoms with Crippen LogP contribution < -0.4 is 0 Å². The molecule has 19 heavy (non-hydrogen) atoms. The highest BCUT2D eigenvalue weighted by molar-refractivity contribution is 6.34. The van der Waals surface area contributed by atoms with Crippen LogP contribution in [0, 0.1) is 11.6 Å². The van der Waals surface area contributed by atoms with Crippen LogP contribution in [0.4, 0.5) is 8.78 Å². The van der Waals surface area contributed by atoms with Crippen molar-refractivity contribution in [2.45, 2.75) is 6.42 Å². The number of hydrogen-bond acceptors (Lipinski definition) is 1. The maximum Gasteiger partial charge on any atom is 0.171 e. The Hall–Kier alpha value is -1.45. The van der Waals surface area contributed by atoms with Gasteiger partial charge >= 0.3 is 0 Å². The van der Waals surface area contributed by atoms with Gasteiger partial charge in [-0.3, -0.25) is 4.79 Å². The van der Waals surface area contributed by atoms with Gasteiger partial charge in [-0.15, -0.1) is 0 Å². The number of hydrogen-bond donors (Lipinski definition) is 0. The van der Waals surface area contributed by atoms with E-state index in [9.17, 15) is 13.6 Å². The molecule has 0 fully saturated rings. The molecule has 0 aliphatic rings. The lowest BCUT2D eigenvalue weighted by Gasteiger charge is -2.07. The Balaban J connectivity index is 2.37. The van der Waals surface area contributed by atoms with Gasteiger partial charge in [-0.25, -0.2) is 8.78 Å². The van der Waals surface area contributed by atoms with E-state index in [0.717, 1.165) is 6.07 Å². The third-order valence-corrected chi connectivity index (χ3v) is 3.31. The molecule has 2 rings (SSSR count). The first-order chi connectivity index (χ1) is 9.00.